The van der Waals surface area contributed by atoms with Crippen LogP contribution < -0.4 is 10.5 Å². The first-order valence-corrected chi connectivity index (χ1v) is 8.35. The lowest BCUT2D eigenvalue weighted by molar-refractivity contribution is 0.424. The van der Waals surface area contributed by atoms with Gasteiger partial charge in [-0.2, -0.15) is 17.4 Å². The van der Waals surface area contributed by atoms with Gasteiger partial charge >= 0.3 is 0 Å². The number of hydrogen-bond acceptors (Lipinski definition) is 3. The van der Waals surface area contributed by atoms with Gasteiger partial charge in [-0.05, 0) is 25.8 Å². The minimum Gasteiger partial charge on any atom is -0.330 e. The van der Waals surface area contributed by atoms with Crippen LogP contribution in [0.5, 0.6) is 0 Å². The highest BCUT2D eigenvalue weighted by atomic mass is 32.2. The maximum absolute atomic E-state index is 12.1. The van der Waals surface area contributed by atoms with Gasteiger partial charge in [0.15, 0.2) is 0 Å². The summed E-state index contributed by atoms with van der Waals surface area (Å²) in [7, 11) is -1.76. The molecule has 0 aromatic rings. The molecule has 0 aromatic heterocycles. The Balaban J connectivity index is 4.38. The topological polar surface area (TPSA) is 75.4 Å². The molecule has 0 fully saturated rings. The SMILES string of the molecule is CCCCC(CCC)NS(=O)(=O)N(C)CCCN. The van der Waals surface area contributed by atoms with Crippen LogP contribution in [0.3, 0.4) is 0 Å². The molecule has 0 aliphatic rings. The minimum atomic E-state index is -3.36. The summed E-state index contributed by atoms with van der Waals surface area (Å²) in [6, 6.07) is 0.0558. The van der Waals surface area contributed by atoms with Crippen LogP contribution in [0.2, 0.25) is 0 Å². The molecular weight excluding hydrogens is 250 g/mol. The highest BCUT2D eigenvalue weighted by Gasteiger charge is 2.21. The van der Waals surface area contributed by atoms with E-state index in [-0.39, 0.29) is 6.04 Å². The average molecular weight is 279 g/mol. The average Bonchev–Trinajstić information content (AvgIpc) is 2.32. The number of rotatable bonds is 11. The first-order chi connectivity index (χ1) is 8.47. The second kappa shape index (κ2) is 9.72. The van der Waals surface area contributed by atoms with Crippen LogP contribution in [0, 0.1) is 0 Å². The Morgan fingerprint density at radius 1 is 1.17 bits per heavy atom. The summed E-state index contributed by atoms with van der Waals surface area (Å²) in [5.41, 5.74) is 5.39. The van der Waals surface area contributed by atoms with E-state index < -0.39 is 10.2 Å². The van der Waals surface area contributed by atoms with Gasteiger partial charge in [-0.1, -0.05) is 33.1 Å². The molecule has 0 radical (unpaired) electrons. The molecule has 0 amide bonds. The summed E-state index contributed by atoms with van der Waals surface area (Å²) in [5.74, 6) is 0. The normalized spacial score (nSPS) is 14.1. The van der Waals surface area contributed by atoms with Gasteiger partial charge in [-0.3, -0.25) is 0 Å². The second-order valence-corrected chi connectivity index (χ2v) is 6.52. The maximum atomic E-state index is 12.1. The Kier molecular flexibility index (Phi) is 9.63. The monoisotopic (exact) mass is 279 g/mol. The lowest BCUT2D eigenvalue weighted by atomic mass is 10.1. The van der Waals surface area contributed by atoms with Gasteiger partial charge in [0.1, 0.15) is 0 Å². The van der Waals surface area contributed by atoms with Crippen molar-refractivity contribution in [3.8, 4) is 0 Å². The van der Waals surface area contributed by atoms with Crippen molar-refractivity contribution in [1.29, 1.82) is 0 Å². The van der Waals surface area contributed by atoms with Crippen LogP contribution in [0.4, 0.5) is 0 Å². The van der Waals surface area contributed by atoms with E-state index in [2.05, 4.69) is 18.6 Å². The van der Waals surface area contributed by atoms with Crippen molar-refractivity contribution in [3.63, 3.8) is 0 Å². The van der Waals surface area contributed by atoms with Gasteiger partial charge in [0.25, 0.3) is 10.2 Å². The van der Waals surface area contributed by atoms with Crippen molar-refractivity contribution in [1.82, 2.24) is 9.03 Å². The number of nitrogens with one attached hydrogen (secondary N) is 1. The highest BCUT2D eigenvalue weighted by Crippen LogP contribution is 2.09. The van der Waals surface area contributed by atoms with E-state index in [1.807, 2.05) is 0 Å². The van der Waals surface area contributed by atoms with E-state index >= 15 is 0 Å². The lowest BCUT2D eigenvalue weighted by Crippen LogP contribution is -2.44. The molecule has 110 valence electrons. The van der Waals surface area contributed by atoms with Crippen molar-refractivity contribution in [2.24, 2.45) is 5.73 Å². The third-order valence-electron chi connectivity index (χ3n) is 2.95. The van der Waals surface area contributed by atoms with Crippen molar-refractivity contribution in [2.75, 3.05) is 20.1 Å². The molecule has 18 heavy (non-hydrogen) atoms. The van der Waals surface area contributed by atoms with Gasteiger partial charge < -0.3 is 5.73 Å². The molecule has 5 nitrogen and oxygen atoms in total. The summed E-state index contributed by atoms with van der Waals surface area (Å²) >= 11 is 0. The number of hydrogen-bond donors (Lipinski definition) is 2. The largest absolute Gasteiger partial charge is 0.330 e. The molecule has 0 rings (SSSR count). The fraction of sp³-hybridized carbons (Fsp3) is 1.00. The van der Waals surface area contributed by atoms with Crippen LogP contribution in [0.25, 0.3) is 0 Å². The molecule has 0 aliphatic heterocycles. The Labute approximate surface area is 112 Å². The number of unbranched alkanes of at least 4 members (excludes halogenated alkanes) is 1. The predicted octanol–water partition coefficient (Wildman–Crippen LogP) is 1.46. The number of nitrogens with two attached hydrogens (primary N) is 1. The Morgan fingerprint density at radius 2 is 1.83 bits per heavy atom. The van der Waals surface area contributed by atoms with Crippen LogP contribution in [0.1, 0.15) is 52.4 Å². The third kappa shape index (κ3) is 7.31. The first kappa shape index (κ1) is 17.8. The van der Waals surface area contributed by atoms with Gasteiger partial charge in [0, 0.05) is 19.6 Å². The van der Waals surface area contributed by atoms with E-state index in [0.717, 1.165) is 32.1 Å². The molecule has 0 aliphatic carbocycles. The number of nitrogens with zero attached hydrogens (tertiary/aromatic N) is 1. The smallest absolute Gasteiger partial charge is 0.279 e. The summed E-state index contributed by atoms with van der Waals surface area (Å²) in [6.07, 6.45) is 5.62. The fourth-order valence-electron chi connectivity index (χ4n) is 1.80. The van der Waals surface area contributed by atoms with Crippen molar-refractivity contribution in [2.45, 2.75) is 58.4 Å². The molecule has 0 heterocycles. The predicted molar refractivity (Wildman–Crippen MR) is 76.6 cm³/mol. The molecule has 0 aromatic carbocycles. The zero-order chi connectivity index (χ0) is 14.0. The van der Waals surface area contributed by atoms with E-state index in [9.17, 15) is 8.42 Å². The Morgan fingerprint density at radius 3 is 2.33 bits per heavy atom. The van der Waals surface area contributed by atoms with Crippen LogP contribution in [-0.2, 0) is 10.2 Å². The molecule has 6 heteroatoms. The molecule has 1 atom stereocenters. The second-order valence-electron chi connectivity index (χ2n) is 4.71. The summed E-state index contributed by atoms with van der Waals surface area (Å²) in [6.45, 7) is 5.17. The Bertz CT molecular complexity index is 294. The molecule has 3 N–H and O–H groups in total. The zero-order valence-corrected chi connectivity index (χ0v) is 12.8. The zero-order valence-electron chi connectivity index (χ0n) is 12.0. The molecule has 0 saturated carbocycles. The Hall–Kier alpha value is -0.170. The molecule has 0 spiro atoms. The quantitative estimate of drug-likeness (QED) is 0.601. The summed E-state index contributed by atoms with van der Waals surface area (Å²) in [4.78, 5) is 0. The standard InChI is InChI=1S/C12H29N3O2S/c1-4-6-9-12(8-5-2)14-18(16,17)15(3)11-7-10-13/h12,14H,4-11,13H2,1-3H3. The van der Waals surface area contributed by atoms with Gasteiger partial charge in [0.2, 0.25) is 0 Å². The van der Waals surface area contributed by atoms with Gasteiger partial charge in [-0.25, -0.2) is 0 Å². The van der Waals surface area contributed by atoms with Crippen LogP contribution in [-0.4, -0.2) is 38.9 Å². The lowest BCUT2D eigenvalue weighted by Gasteiger charge is -2.23. The van der Waals surface area contributed by atoms with Crippen LogP contribution in [0.15, 0.2) is 0 Å². The van der Waals surface area contributed by atoms with Crippen molar-refractivity contribution in [3.05, 3.63) is 0 Å². The fourth-order valence-corrected chi connectivity index (χ4v) is 3.00. The molecular formula is C12H29N3O2S. The van der Waals surface area contributed by atoms with Crippen molar-refractivity contribution >= 4 is 10.2 Å². The maximum Gasteiger partial charge on any atom is 0.279 e. The van der Waals surface area contributed by atoms with E-state index in [1.54, 1.807) is 7.05 Å². The van der Waals surface area contributed by atoms with Gasteiger partial charge in [-0.15, -0.1) is 0 Å². The first-order valence-electron chi connectivity index (χ1n) is 6.91. The minimum absolute atomic E-state index is 0.0558. The molecule has 0 bridgehead atoms. The van der Waals surface area contributed by atoms with E-state index in [1.165, 1.54) is 4.31 Å². The molecule has 1 unspecified atom stereocenters. The van der Waals surface area contributed by atoms with E-state index in [4.69, 9.17) is 5.73 Å². The highest BCUT2D eigenvalue weighted by molar-refractivity contribution is 7.87. The third-order valence-corrected chi connectivity index (χ3v) is 4.58. The summed E-state index contributed by atoms with van der Waals surface area (Å²) < 4.78 is 28.3. The van der Waals surface area contributed by atoms with Crippen molar-refractivity contribution < 1.29 is 8.42 Å². The summed E-state index contributed by atoms with van der Waals surface area (Å²) in [5, 5.41) is 0. The van der Waals surface area contributed by atoms with Gasteiger partial charge in [0.05, 0.1) is 0 Å². The van der Waals surface area contributed by atoms with E-state index in [0.29, 0.717) is 19.5 Å². The van der Waals surface area contributed by atoms with Crippen LogP contribution >= 0.6 is 0 Å². The molecule has 0 saturated heterocycles.